The normalized spacial score (nSPS) is 10.5. The van der Waals surface area contributed by atoms with Crippen molar-refractivity contribution in [3.05, 3.63) is 40.7 Å². The number of rotatable bonds is 3. The summed E-state index contributed by atoms with van der Waals surface area (Å²) in [6.07, 6.45) is 0. The second kappa shape index (κ2) is 6.13. The third-order valence-corrected chi connectivity index (χ3v) is 4.11. The van der Waals surface area contributed by atoms with Crippen LogP contribution in [-0.2, 0) is 4.74 Å². The lowest BCUT2D eigenvalue weighted by Crippen LogP contribution is -2.05. The maximum Gasteiger partial charge on any atom is 0.339 e. The number of benzene rings is 1. The molecule has 0 aliphatic carbocycles. The zero-order chi connectivity index (χ0) is 15.6. The molecule has 0 unspecified atom stereocenters. The first-order chi connectivity index (χ1) is 9.92. The Morgan fingerprint density at radius 1 is 1.19 bits per heavy atom. The molecule has 6 heteroatoms. The van der Waals surface area contributed by atoms with E-state index < -0.39 is 5.97 Å². The molecular weight excluding hydrogens is 286 g/mol. The second-order valence-electron chi connectivity index (χ2n) is 4.64. The maximum absolute atomic E-state index is 11.6. The number of nitrogen functional groups attached to an aromatic ring is 1. The smallest absolute Gasteiger partial charge is 0.339 e. The lowest BCUT2D eigenvalue weighted by atomic mass is 10.2. The predicted molar refractivity (Wildman–Crippen MR) is 82.6 cm³/mol. The van der Waals surface area contributed by atoms with Crippen molar-refractivity contribution in [2.75, 3.05) is 12.8 Å². The molecule has 0 aliphatic heterocycles. The van der Waals surface area contributed by atoms with Crippen molar-refractivity contribution in [2.24, 2.45) is 0 Å². The van der Waals surface area contributed by atoms with E-state index in [0.29, 0.717) is 16.4 Å². The summed E-state index contributed by atoms with van der Waals surface area (Å²) in [5, 5.41) is 0.649. The molecular formula is C15H17N3O2S. The minimum atomic E-state index is -0.452. The topological polar surface area (TPSA) is 78.1 Å². The quantitative estimate of drug-likeness (QED) is 0.533. The molecule has 21 heavy (non-hydrogen) atoms. The number of ether oxygens (including phenoxy) is 1. The number of aryl methyl sites for hydroxylation is 2. The van der Waals surface area contributed by atoms with Gasteiger partial charge in [0, 0.05) is 22.0 Å². The predicted octanol–water partition coefficient (Wildman–Crippen LogP) is 2.92. The zero-order valence-corrected chi connectivity index (χ0v) is 13.2. The first-order valence-electron chi connectivity index (χ1n) is 6.40. The van der Waals surface area contributed by atoms with E-state index in [1.807, 2.05) is 26.8 Å². The Kier molecular flexibility index (Phi) is 4.47. The van der Waals surface area contributed by atoms with Crippen molar-refractivity contribution in [3.8, 4) is 0 Å². The number of aromatic nitrogens is 2. The van der Waals surface area contributed by atoms with Gasteiger partial charge in [-0.15, -0.1) is 0 Å². The van der Waals surface area contributed by atoms with Gasteiger partial charge in [-0.1, -0.05) is 0 Å². The third kappa shape index (κ3) is 3.33. The minimum absolute atomic E-state index is 0.350. The van der Waals surface area contributed by atoms with E-state index in [1.54, 1.807) is 12.1 Å². The molecule has 2 aromatic rings. The number of hydrogen-bond acceptors (Lipinski definition) is 6. The Morgan fingerprint density at radius 3 is 2.38 bits per heavy atom. The molecule has 1 aromatic carbocycles. The molecule has 0 spiro atoms. The first kappa shape index (κ1) is 15.3. The van der Waals surface area contributed by atoms with Crippen molar-refractivity contribution in [2.45, 2.75) is 30.8 Å². The summed E-state index contributed by atoms with van der Waals surface area (Å²) in [4.78, 5) is 21.4. The summed E-state index contributed by atoms with van der Waals surface area (Å²) >= 11 is 1.39. The number of anilines is 1. The van der Waals surface area contributed by atoms with Crippen molar-refractivity contribution in [1.82, 2.24) is 9.97 Å². The van der Waals surface area contributed by atoms with E-state index in [1.165, 1.54) is 18.9 Å². The van der Waals surface area contributed by atoms with Crippen molar-refractivity contribution < 1.29 is 9.53 Å². The van der Waals surface area contributed by atoms with Crippen LogP contribution in [0.15, 0.2) is 28.3 Å². The second-order valence-corrected chi connectivity index (χ2v) is 5.69. The summed E-state index contributed by atoms with van der Waals surface area (Å²) in [6.45, 7) is 5.91. The third-order valence-electron chi connectivity index (χ3n) is 3.25. The van der Waals surface area contributed by atoms with E-state index in [2.05, 4.69) is 9.97 Å². The van der Waals surface area contributed by atoms with E-state index in [4.69, 9.17) is 10.5 Å². The lowest BCUT2D eigenvalue weighted by molar-refractivity contribution is 0.0601. The molecule has 0 saturated carbocycles. The maximum atomic E-state index is 11.6. The van der Waals surface area contributed by atoms with Gasteiger partial charge in [0.15, 0.2) is 5.16 Å². The molecule has 1 aromatic heterocycles. The molecule has 1 heterocycles. The number of carbonyl (C=O) groups excluding carboxylic acids is 1. The van der Waals surface area contributed by atoms with Crippen LogP contribution >= 0.6 is 11.8 Å². The standard InChI is InChI=1S/C15H17N3O2S/c1-8-9(2)17-15(18-10(8)3)21-11-5-6-13(16)12(7-11)14(19)20-4/h5-7H,16H2,1-4H3. The average Bonchev–Trinajstić information content (AvgIpc) is 2.46. The van der Waals surface area contributed by atoms with Crippen LogP contribution in [0.3, 0.4) is 0 Å². The van der Waals surface area contributed by atoms with Crippen LogP contribution in [0.2, 0.25) is 0 Å². The molecule has 0 atom stereocenters. The number of hydrogen-bond donors (Lipinski definition) is 1. The summed E-state index contributed by atoms with van der Waals surface area (Å²) in [7, 11) is 1.33. The Bertz CT molecular complexity index is 678. The van der Waals surface area contributed by atoms with Crippen LogP contribution in [0.1, 0.15) is 27.3 Å². The largest absolute Gasteiger partial charge is 0.465 e. The van der Waals surface area contributed by atoms with Gasteiger partial charge in [-0.05, 0) is 56.3 Å². The lowest BCUT2D eigenvalue weighted by Gasteiger charge is -2.08. The number of nitrogens with zero attached hydrogens (tertiary/aromatic N) is 2. The van der Waals surface area contributed by atoms with Gasteiger partial charge in [0.25, 0.3) is 0 Å². The van der Waals surface area contributed by atoms with Crippen molar-refractivity contribution in [1.29, 1.82) is 0 Å². The van der Waals surface area contributed by atoms with Crippen LogP contribution < -0.4 is 5.73 Å². The van der Waals surface area contributed by atoms with Gasteiger partial charge in [0.05, 0.1) is 12.7 Å². The molecule has 110 valence electrons. The molecule has 0 bridgehead atoms. The van der Waals surface area contributed by atoms with Crippen LogP contribution in [0.5, 0.6) is 0 Å². The van der Waals surface area contributed by atoms with E-state index in [-0.39, 0.29) is 0 Å². The highest BCUT2D eigenvalue weighted by atomic mass is 32.2. The van der Waals surface area contributed by atoms with Gasteiger partial charge in [-0.3, -0.25) is 0 Å². The molecule has 5 nitrogen and oxygen atoms in total. The van der Waals surface area contributed by atoms with Crippen molar-refractivity contribution >= 4 is 23.4 Å². The number of esters is 1. The highest BCUT2D eigenvalue weighted by Gasteiger charge is 2.12. The Hall–Kier alpha value is -2.08. The van der Waals surface area contributed by atoms with Gasteiger partial charge < -0.3 is 10.5 Å². The number of carbonyl (C=O) groups is 1. The highest BCUT2D eigenvalue weighted by molar-refractivity contribution is 7.99. The molecule has 0 aliphatic rings. The molecule has 0 amide bonds. The average molecular weight is 303 g/mol. The fourth-order valence-corrected chi connectivity index (χ4v) is 2.67. The van der Waals surface area contributed by atoms with Gasteiger partial charge in [-0.25, -0.2) is 14.8 Å². The highest BCUT2D eigenvalue weighted by Crippen LogP contribution is 2.28. The van der Waals surface area contributed by atoms with Gasteiger partial charge >= 0.3 is 5.97 Å². The number of methoxy groups -OCH3 is 1. The van der Waals surface area contributed by atoms with Gasteiger partial charge in [0.1, 0.15) is 0 Å². The minimum Gasteiger partial charge on any atom is -0.465 e. The van der Waals surface area contributed by atoms with Crippen LogP contribution in [0.4, 0.5) is 5.69 Å². The molecule has 2 N–H and O–H groups in total. The molecule has 0 fully saturated rings. The fraction of sp³-hybridized carbons (Fsp3) is 0.267. The van der Waals surface area contributed by atoms with Crippen LogP contribution in [-0.4, -0.2) is 23.0 Å². The Labute approximate surface area is 127 Å². The SMILES string of the molecule is COC(=O)c1cc(Sc2nc(C)c(C)c(C)n2)ccc1N. The van der Waals surface area contributed by atoms with Crippen LogP contribution in [0, 0.1) is 20.8 Å². The summed E-state index contributed by atoms with van der Waals surface area (Å²) in [5.74, 6) is -0.452. The summed E-state index contributed by atoms with van der Waals surface area (Å²) in [6, 6.07) is 5.21. The molecule has 2 rings (SSSR count). The molecule has 0 radical (unpaired) electrons. The van der Waals surface area contributed by atoms with Gasteiger partial charge in [0.2, 0.25) is 0 Å². The van der Waals surface area contributed by atoms with E-state index in [9.17, 15) is 4.79 Å². The Balaban J connectivity index is 2.34. The zero-order valence-electron chi connectivity index (χ0n) is 12.4. The van der Waals surface area contributed by atoms with Crippen LogP contribution in [0.25, 0.3) is 0 Å². The van der Waals surface area contributed by atoms with Crippen molar-refractivity contribution in [3.63, 3.8) is 0 Å². The van der Waals surface area contributed by atoms with E-state index in [0.717, 1.165) is 21.8 Å². The van der Waals surface area contributed by atoms with Gasteiger partial charge in [-0.2, -0.15) is 0 Å². The van der Waals surface area contributed by atoms with E-state index >= 15 is 0 Å². The first-order valence-corrected chi connectivity index (χ1v) is 7.21. The monoisotopic (exact) mass is 303 g/mol. The summed E-state index contributed by atoms with van der Waals surface area (Å²) < 4.78 is 4.72. The Morgan fingerprint density at radius 2 is 1.81 bits per heavy atom. The molecule has 0 saturated heterocycles. The summed E-state index contributed by atoms with van der Waals surface area (Å²) in [5.41, 5.74) is 9.52. The fourth-order valence-electron chi connectivity index (χ4n) is 1.78. The number of nitrogens with two attached hydrogens (primary N) is 1.